The first kappa shape index (κ1) is 30.4. The van der Waals surface area contributed by atoms with Crippen LogP contribution < -0.4 is 5.32 Å². The minimum Gasteiger partial charge on any atom is -0.389 e. The third-order valence-electron chi connectivity index (χ3n) is 5.59. The van der Waals surface area contributed by atoms with Gasteiger partial charge in [0.1, 0.15) is 5.69 Å². The van der Waals surface area contributed by atoms with Crippen molar-refractivity contribution in [2.24, 2.45) is 5.92 Å². The quantitative estimate of drug-likeness (QED) is 0.400. The van der Waals surface area contributed by atoms with Crippen molar-refractivity contribution in [1.82, 2.24) is 15.2 Å². The van der Waals surface area contributed by atoms with Crippen molar-refractivity contribution in [3.63, 3.8) is 0 Å². The number of amides is 2. The molecule has 2 aromatic rings. The van der Waals surface area contributed by atoms with Crippen molar-refractivity contribution < 1.29 is 46.1 Å². The summed E-state index contributed by atoms with van der Waals surface area (Å²) < 4.78 is 80.5. The summed E-state index contributed by atoms with van der Waals surface area (Å²) in [5, 5.41) is 19.7. The van der Waals surface area contributed by atoms with Crippen LogP contribution in [0, 0.1) is 5.92 Å². The molecule has 1 aliphatic rings. The third-order valence-corrected chi connectivity index (χ3v) is 7.56. The van der Waals surface area contributed by atoms with E-state index in [4.69, 9.17) is 23.2 Å². The summed E-state index contributed by atoms with van der Waals surface area (Å²) in [6, 6.07) is 1.03. The monoisotopic (exact) mass is 607 g/mol. The normalized spacial score (nSPS) is 15.4. The average molecular weight is 608 g/mol. The lowest BCUT2D eigenvalue weighted by Crippen LogP contribution is -2.54. The highest BCUT2D eigenvalue weighted by atomic mass is 35.5. The Hall–Kier alpha value is -2.13. The Morgan fingerprint density at radius 2 is 1.63 bits per heavy atom. The minimum atomic E-state index is -6.20. The van der Waals surface area contributed by atoms with Crippen LogP contribution in [0.25, 0.3) is 10.4 Å². The van der Waals surface area contributed by atoms with Crippen LogP contribution >= 0.6 is 34.5 Å². The number of alkyl halides is 6. The second-order valence-corrected chi connectivity index (χ2v) is 11.3. The topological polar surface area (TPSA) is 103 Å². The van der Waals surface area contributed by atoms with Crippen LogP contribution in [0.15, 0.2) is 12.1 Å². The van der Waals surface area contributed by atoms with Gasteiger partial charge in [-0.1, -0.05) is 42.3 Å². The van der Waals surface area contributed by atoms with E-state index in [0.29, 0.717) is 30.5 Å². The van der Waals surface area contributed by atoms with Crippen molar-refractivity contribution in [2.75, 3.05) is 19.6 Å². The summed E-state index contributed by atoms with van der Waals surface area (Å²) >= 11 is 12.6. The average Bonchev–Trinajstić information content (AvgIpc) is 3.19. The van der Waals surface area contributed by atoms with Gasteiger partial charge in [0.25, 0.3) is 17.4 Å². The third kappa shape index (κ3) is 5.60. The van der Waals surface area contributed by atoms with Crippen molar-refractivity contribution in [3.05, 3.63) is 38.4 Å². The molecule has 0 unspecified atom stereocenters. The molecule has 1 fully saturated rings. The smallest absolute Gasteiger partial charge is 0.389 e. The number of aliphatic hydroxyl groups is 2. The molecule has 0 atom stereocenters. The molecule has 2 amide bonds. The van der Waals surface area contributed by atoms with E-state index in [9.17, 15) is 46.1 Å². The zero-order valence-electron chi connectivity index (χ0n) is 19.9. The Balaban J connectivity index is 2.15. The summed E-state index contributed by atoms with van der Waals surface area (Å²) in [5.41, 5.74) is -8.97. The van der Waals surface area contributed by atoms with Crippen molar-refractivity contribution in [2.45, 2.75) is 44.3 Å². The molecule has 0 radical (unpaired) electrons. The fourth-order valence-electron chi connectivity index (χ4n) is 3.60. The van der Waals surface area contributed by atoms with Crippen molar-refractivity contribution >= 4 is 46.4 Å². The van der Waals surface area contributed by atoms with Gasteiger partial charge in [-0.25, -0.2) is 4.98 Å². The maximum Gasteiger partial charge on any atom is 0.430 e. The van der Waals surface area contributed by atoms with Crippen molar-refractivity contribution in [1.29, 1.82) is 0 Å². The molecule has 0 saturated carbocycles. The maximum absolute atomic E-state index is 13.4. The lowest BCUT2D eigenvalue weighted by atomic mass is 9.91. The molecule has 1 saturated heterocycles. The van der Waals surface area contributed by atoms with Crippen LogP contribution in [-0.4, -0.2) is 69.5 Å². The number of carbonyl (C=O) groups is 2. The summed E-state index contributed by atoms with van der Waals surface area (Å²) in [5.74, 6) is -1.26. The van der Waals surface area contributed by atoms with E-state index in [2.05, 4.69) is 10.3 Å². The Labute approximate surface area is 226 Å². The SMILES string of the molecule is CC1CN(C(=O)c2nc(C(=O)NCC(C)(C)O)sc2-c2ccc(C(O)(C(F)(F)F)C(F)(F)F)c(Cl)c2Cl)C1. The lowest BCUT2D eigenvalue weighted by molar-refractivity contribution is -0.376. The van der Waals surface area contributed by atoms with Gasteiger partial charge in [-0.2, -0.15) is 26.3 Å². The second kappa shape index (κ2) is 10.1. The molecule has 210 valence electrons. The van der Waals surface area contributed by atoms with Gasteiger partial charge in [0.05, 0.1) is 20.5 Å². The van der Waals surface area contributed by atoms with E-state index < -0.39 is 51.0 Å². The number of hydrogen-bond donors (Lipinski definition) is 3. The van der Waals surface area contributed by atoms with Crippen LogP contribution in [0.1, 0.15) is 46.6 Å². The van der Waals surface area contributed by atoms with E-state index in [1.165, 1.54) is 18.7 Å². The highest BCUT2D eigenvalue weighted by Crippen LogP contribution is 2.54. The zero-order valence-corrected chi connectivity index (χ0v) is 22.2. The Bertz CT molecular complexity index is 1240. The fraction of sp³-hybridized carbons (Fsp3) is 0.500. The van der Waals surface area contributed by atoms with Gasteiger partial charge in [-0.15, -0.1) is 11.3 Å². The molecule has 0 spiro atoms. The molecular weight excluding hydrogens is 587 g/mol. The maximum atomic E-state index is 13.4. The minimum absolute atomic E-state index is 0.135. The molecule has 2 heterocycles. The van der Waals surface area contributed by atoms with Gasteiger partial charge in [0.2, 0.25) is 0 Å². The zero-order chi connectivity index (χ0) is 29.0. The number of benzene rings is 1. The van der Waals surface area contributed by atoms with E-state index in [-0.39, 0.29) is 33.6 Å². The molecule has 0 aliphatic carbocycles. The number of nitrogens with one attached hydrogen (secondary N) is 1. The summed E-state index contributed by atoms with van der Waals surface area (Å²) in [4.78, 5) is 31.0. The highest BCUT2D eigenvalue weighted by Gasteiger charge is 2.72. The fourth-order valence-corrected chi connectivity index (χ4v) is 5.22. The number of halogens is 8. The standard InChI is InChI=1S/C22H21Cl2F6N3O4S/c1-9-6-33(7-9)18(35)14-15(38-17(32-14)16(34)31-8-19(2,3)36)10-4-5-11(13(24)12(10)23)20(37,21(25,26)27)22(28,29)30/h4-5,9,36-37H,6-8H2,1-3H3,(H,31,34). The van der Waals surface area contributed by atoms with E-state index in [0.717, 1.165) is 6.07 Å². The van der Waals surface area contributed by atoms with Crippen molar-refractivity contribution in [3.8, 4) is 10.4 Å². The molecule has 0 bridgehead atoms. The number of carbonyl (C=O) groups excluding carboxylic acids is 2. The molecule has 38 heavy (non-hydrogen) atoms. The van der Waals surface area contributed by atoms with Gasteiger partial charge in [-0.05, 0) is 19.8 Å². The van der Waals surface area contributed by atoms with Gasteiger partial charge in [0.15, 0.2) is 5.01 Å². The number of likely N-dealkylation sites (tertiary alicyclic amines) is 1. The van der Waals surface area contributed by atoms with E-state index >= 15 is 0 Å². The number of thiazole rings is 1. The molecule has 7 nitrogen and oxygen atoms in total. The summed E-state index contributed by atoms with van der Waals surface area (Å²) in [7, 11) is 0. The first-order chi connectivity index (χ1) is 17.2. The van der Waals surface area contributed by atoms with Crippen LogP contribution in [0.5, 0.6) is 0 Å². The Kier molecular flexibility index (Phi) is 8.10. The molecule has 1 aromatic heterocycles. The number of aromatic nitrogens is 1. The number of rotatable bonds is 6. The molecule has 16 heteroatoms. The number of nitrogens with zero attached hydrogens (tertiary/aromatic N) is 2. The largest absolute Gasteiger partial charge is 0.430 e. The molecule has 3 rings (SSSR count). The Morgan fingerprint density at radius 1 is 1.08 bits per heavy atom. The van der Waals surface area contributed by atoms with Gasteiger partial charge in [-0.3, -0.25) is 9.59 Å². The summed E-state index contributed by atoms with van der Waals surface area (Å²) in [6.07, 6.45) is -12.4. The van der Waals surface area contributed by atoms with Crippen LogP contribution in [0.2, 0.25) is 10.0 Å². The molecular formula is C22H21Cl2F6N3O4S. The van der Waals surface area contributed by atoms with Crippen LogP contribution in [-0.2, 0) is 5.60 Å². The van der Waals surface area contributed by atoms with Gasteiger partial charge >= 0.3 is 12.4 Å². The van der Waals surface area contributed by atoms with E-state index in [1.807, 2.05) is 6.92 Å². The Morgan fingerprint density at radius 3 is 2.11 bits per heavy atom. The predicted molar refractivity (Wildman–Crippen MR) is 127 cm³/mol. The van der Waals surface area contributed by atoms with Gasteiger partial charge < -0.3 is 20.4 Å². The lowest BCUT2D eigenvalue weighted by Gasteiger charge is -2.36. The second-order valence-electron chi connectivity index (χ2n) is 9.50. The first-order valence-corrected chi connectivity index (χ1v) is 12.4. The van der Waals surface area contributed by atoms with Gasteiger partial charge in [0, 0.05) is 30.8 Å². The van der Waals surface area contributed by atoms with Crippen LogP contribution in [0.4, 0.5) is 26.3 Å². The molecule has 3 N–H and O–H groups in total. The molecule has 1 aromatic carbocycles. The first-order valence-electron chi connectivity index (χ1n) is 10.8. The number of hydrogen-bond acceptors (Lipinski definition) is 6. The van der Waals surface area contributed by atoms with E-state index in [1.54, 1.807) is 0 Å². The highest BCUT2D eigenvalue weighted by molar-refractivity contribution is 7.17. The molecule has 1 aliphatic heterocycles. The van der Waals surface area contributed by atoms with Crippen LogP contribution in [0.3, 0.4) is 0 Å². The predicted octanol–water partition coefficient (Wildman–Crippen LogP) is 5.02. The summed E-state index contributed by atoms with van der Waals surface area (Å²) in [6.45, 7) is 5.24.